The van der Waals surface area contributed by atoms with E-state index in [0.29, 0.717) is 5.56 Å². The molecular weight excluding hydrogens is 174 g/mol. The molecular formula is C11H7N3. The molecule has 0 amide bonds. The van der Waals surface area contributed by atoms with Crippen molar-refractivity contribution in [2.24, 2.45) is 0 Å². The van der Waals surface area contributed by atoms with Gasteiger partial charge < -0.3 is 0 Å². The highest BCUT2D eigenvalue weighted by Gasteiger charge is 2.03. The molecule has 0 saturated heterocycles. The molecule has 0 aliphatic rings. The number of nitrogens with zero attached hydrogens (tertiary/aromatic N) is 3. The Morgan fingerprint density at radius 3 is 2.79 bits per heavy atom. The number of pyridine rings is 2. The fraction of sp³-hybridized carbons (Fsp3) is 0. The van der Waals surface area contributed by atoms with E-state index < -0.39 is 0 Å². The average Bonchev–Trinajstić information content (AvgIpc) is 2.30. The smallest absolute Gasteiger partial charge is 0.0999 e. The molecule has 3 heteroatoms. The highest BCUT2D eigenvalue weighted by atomic mass is 14.7. The van der Waals surface area contributed by atoms with Crippen molar-refractivity contribution in [2.45, 2.75) is 0 Å². The zero-order valence-corrected chi connectivity index (χ0v) is 7.38. The van der Waals surface area contributed by atoms with E-state index in [4.69, 9.17) is 5.26 Å². The summed E-state index contributed by atoms with van der Waals surface area (Å²) in [5.74, 6) is 0. The summed E-state index contributed by atoms with van der Waals surface area (Å²) < 4.78 is 0. The molecule has 14 heavy (non-hydrogen) atoms. The highest BCUT2D eigenvalue weighted by molar-refractivity contribution is 5.65. The van der Waals surface area contributed by atoms with Gasteiger partial charge >= 0.3 is 0 Å². The van der Waals surface area contributed by atoms with Crippen molar-refractivity contribution in [3.8, 4) is 17.3 Å². The summed E-state index contributed by atoms with van der Waals surface area (Å²) in [6.45, 7) is 0. The van der Waals surface area contributed by atoms with E-state index in [0.717, 1.165) is 11.3 Å². The first kappa shape index (κ1) is 8.39. The van der Waals surface area contributed by atoms with Gasteiger partial charge in [0, 0.05) is 24.2 Å². The quantitative estimate of drug-likeness (QED) is 0.676. The Morgan fingerprint density at radius 2 is 2.07 bits per heavy atom. The first-order valence-electron chi connectivity index (χ1n) is 4.17. The second-order valence-corrected chi connectivity index (χ2v) is 2.75. The molecule has 66 valence electrons. The van der Waals surface area contributed by atoms with Gasteiger partial charge in [-0.2, -0.15) is 5.26 Å². The largest absolute Gasteiger partial charge is 0.264 e. The van der Waals surface area contributed by atoms with Gasteiger partial charge in [0.05, 0.1) is 17.3 Å². The first-order valence-corrected chi connectivity index (χ1v) is 4.17. The predicted octanol–water partition coefficient (Wildman–Crippen LogP) is 2.02. The van der Waals surface area contributed by atoms with E-state index in [9.17, 15) is 0 Å². The lowest BCUT2D eigenvalue weighted by Gasteiger charge is -2.00. The van der Waals surface area contributed by atoms with E-state index in [1.807, 2.05) is 18.2 Å². The van der Waals surface area contributed by atoms with Gasteiger partial charge in [-0.25, -0.2) is 0 Å². The third-order valence-corrected chi connectivity index (χ3v) is 1.88. The molecule has 0 unspecified atom stereocenters. The van der Waals surface area contributed by atoms with E-state index in [1.165, 1.54) is 0 Å². The maximum atomic E-state index is 8.87. The van der Waals surface area contributed by atoms with Crippen LogP contribution < -0.4 is 0 Å². The van der Waals surface area contributed by atoms with Crippen LogP contribution in [0.5, 0.6) is 0 Å². The van der Waals surface area contributed by atoms with Crippen LogP contribution in [-0.2, 0) is 0 Å². The van der Waals surface area contributed by atoms with Gasteiger partial charge in [0.1, 0.15) is 0 Å². The molecule has 0 spiro atoms. The molecule has 2 rings (SSSR count). The van der Waals surface area contributed by atoms with Crippen molar-refractivity contribution in [2.75, 3.05) is 0 Å². The summed E-state index contributed by atoms with van der Waals surface area (Å²) >= 11 is 0. The third-order valence-electron chi connectivity index (χ3n) is 1.88. The summed E-state index contributed by atoms with van der Waals surface area (Å²) in [4.78, 5) is 8.15. The SMILES string of the molecule is N#Cc1ccncc1-c1ccccn1. The molecule has 0 radical (unpaired) electrons. The molecule has 3 nitrogen and oxygen atoms in total. The summed E-state index contributed by atoms with van der Waals surface area (Å²) in [7, 11) is 0. The molecule has 2 aromatic heterocycles. The summed E-state index contributed by atoms with van der Waals surface area (Å²) in [5.41, 5.74) is 2.14. The Bertz CT molecular complexity index is 471. The van der Waals surface area contributed by atoms with Gasteiger partial charge in [0.25, 0.3) is 0 Å². The van der Waals surface area contributed by atoms with E-state index in [2.05, 4.69) is 16.0 Å². The van der Waals surface area contributed by atoms with E-state index in [1.54, 1.807) is 24.7 Å². The van der Waals surface area contributed by atoms with Crippen LogP contribution in [-0.4, -0.2) is 9.97 Å². The fourth-order valence-corrected chi connectivity index (χ4v) is 1.22. The Hall–Kier alpha value is -2.21. The van der Waals surface area contributed by atoms with Crippen LogP contribution in [0.15, 0.2) is 42.9 Å². The van der Waals surface area contributed by atoms with E-state index >= 15 is 0 Å². The Labute approximate surface area is 81.7 Å². The lowest BCUT2D eigenvalue weighted by atomic mass is 10.1. The lowest BCUT2D eigenvalue weighted by Crippen LogP contribution is -1.87. The van der Waals surface area contributed by atoms with Crippen LogP contribution in [0, 0.1) is 11.3 Å². The Morgan fingerprint density at radius 1 is 1.14 bits per heavy atom. The van der Waals surface area contributed by atoms with Gasteiger partial charge in [-0.05, 0) is 18.2 Å². The van der Waals surface area contributed by atoms with Crippen LogP contribution in [0.4, 0.5) is 0 Å². The van der Waals surface area contributed by atoms with Crippen molar-refractivity contribution >= 4 is 0 Å². The zero-order valence-electron chi connectivity index (χ0n) is 7.38. The van der Waals surface area contributed by atoms with Gasteiger partial charge in [-0.15, -0.1) is 0 Å². The van der Waals surface area contributed by atoms with Crippen LogP contribution in [0.2, 0.25) is 0 Å². The molecule has 0 aromatic carbocycles. The maximum absolute atomic E-state index is 8.87. The molecule has 2 heterocycles. The standard InChI is InChI=1S/C11H7N3/c12-7-9-4-6-13-8-10(9)11-3-1-2-5-14-11/h1-6,8H. The second kappa shape index (κ2) is 3.67. The summed E-state index contributed by atoms with van der Waals surface area (Å²) in [6.07, 6.45) is 4.95. The van der Waals surface area contributed by atoms with Gasteiger partial charge in [0.2, 0.25) is 0 Å². The molecule has 0 saturated carbocycles. The summed E-state index contributed by atoms with van der Waals surface area (Å²) in [5, 5.41) is 8.87. The van der Waals surface area contributed by atoms with Crippen LogP contribution in [0.25, 0.3) is 11.3 Å². The van der Waals surface area contributed by atoms with Crippen molar-refractivity contribution < 1.29 is 0 Å². The first-order chi connectivity index (χ1) is 6.92. The van der Waals surface area contributed by atoms with Gasteiger partial charge in [0.15, 0.2) is 0 Å². The predicted molar refractivity (Wildman–Crippen MR) is 52.2 cm³/mol. The van der Waals surface area contributed by atoms with Gasteiger partial charge in [-0.1, -0.05) is 6.07 Å². The maximum Gasteiger partial charge on any atom is 0.0999 e. The zero-order chi connectivity index (χ0) is 9.80. The molecule has 0 atom stereocenters. The molecule has 0 aliphatic carbocycles. The van der Waals surface area contributed by atoms with E-state index in [-0.39, 0.29) is 0 Å². The minimum atomic E-state index is 0.596. The van der Waals surface area contributed by atoms with Gasteiger partial charge in [-0.3, -0.25) is 9.97 Å². The Kier molecular flexibility index (Phi) is 2.20. The number of hydrogen-bond acceptors (Lipinski definition) is 3. The molecule has 2 aromatic rings. The number of hydrogen-bond donors (Lipinski definition) is 0. The van der Waals surface area contributed by atoms with Crippen molar-refractivity contribution in [3.05, 3.63) is 48.4 Å². The molecule has 0 aliphatic heterocycles. The fourth-order valence-electron chi connectivity index (χ4n) is 1.22. The number of rotatable bonds is 1. The van der Waals surface area contributed by atoms with Crippen LogP contribution >= 0.6 is 0 Å². The minimum Gasteiger partial charge on any atom is -0.264 e. The third kappa shape index (κ3) is 1.46. The van der Waals surface area contributed by atoms with Crippen LogP contribution in [0.1, 0.15) is 5.56 Å². The number of nitriles is 1. The minimum absolute atomic E-state index is 0.596. The lowest BCUT2D eigenvalue weighted by molar-refractivity contribution is 1.26. The van der Waals surface area contributed by atoms with Crippen molar-refractivity contribution in [1.29, 1.82) is 5.26 Å². The molecule has 0 fully saturated rings. The highest BCUT2D eigenvalue weighted by Crippen LogP contribution is 2.18. The normalized spacial score (nSPS) is 9.36. The Balaban J connectivity index is 2.58. The second-order valence-electron chi connectivity index (χ2n) is 2.75. The number of aromatic nitrogens is 2. The van der Waals surface area contributed by atoms with Crippen molar-refractivity contribution in [3.63, 3.8) is 0 Å². The molecule has 0 bridgehead atoms. The average molecular weight is 181 g/mol. The molecule has 0 N–H and O–H groups in total. The van der Waals surface area contributed by atoms with Crippen LogP contribution in [0.3, 0.4) is 0 Å². The van der Waals surface area contributed by atoms with Crippen molar-refractivity contribution in [1.82, 2.24) is 9.97 Å². The monoisotopic (exact) mass is 181 g/mol. The topological polar surface area (TPSA) is 49.6 Å². The summed E-state index contributed by atoms with van der Waals surface area (Å²) in [6, 6.07) is 9.38.